The number of likely N-dealkylation sites (tertiary alicyclic amines) is 1. The zero-order valence-electron chi connectivity index (χ0n) is 14.1. The number of rotatable bonds is 5. The largest absolute Gasteiger partial charge is 0.488 e. The number of carboxylic acid groups (broad SMARTS) is 1. The first-order chi connectivity index (χ1) is 12.0. The third-order valence-electron chi connectivity index (χ3n) is 4.55. The van der Waals surface area contributed by atoms with Crippen molar-refractivity contribution in [3.05, 3.63) is 52.2 Å². The molecule has 1 aliphatic heterocycles. The van der Waals surface area contributed by atoms with Gasteiger partial charge in [0.1, 0.15) is 12.4 Å². The fraction of sp³-hybridized carbons (Fsp3) is 0.368. The summed E-state index contributed by atoms with van der Waals surface area (Å²) < 4.78 is 5.76. The Kier molecular flexibility index (Phi) is 5.38. The van der Waals surface area contributed by atoms with E-state index in [0.717, 1.165) is 4.88 Å². The van der Waals surface area contributed by atoms with Crippen LogP contribution in [-0.2, 0) is 11.4 Å². The molecule has 2 heterocycles. The predicted octanol–water partition coefficient (Wildman–Crippen LogP) is 3.51. The Bertz CT molecular complexity index is 744. The molecule has 0 saturated carbocycles. The van der Waals surface area contributed by atoms with Crippen LogP contribution in [-0.4, -0.2) is 35.0 Å². The molecule has 1 N–H and O–H groups in total. The van der Waals surface area contributed by atoms with Crippen molar-refractivity contribution in [3.8, 4) is 5.75 Å². The normalized spacial score (nSPS) is 20.3. The zero-order chi connectivity index (χ0) is 17.8. The number of aliphatic carboxylic acids is 1. The number of thiophene rings is 1. The topological polar surface area (TPSA) is 66.8 Å². The van der Waals surface area contributed by atoms with Gasteiger partial charge >= 0.3 is 5.97 Å². The number of nitrogens with zero attached hydrogens (tertiary/aromatic N) is 1. The highest BCUT2D eigenvalue weighted by Gasteiger charge is 2.33. The van der Waals surface area contributed by atoms with E-state index >= 15 is 0 Å². The van der Waals surface area contributed by atoms with E-state index in [1.165, 1.54) is 0 Å². The van der Waals surface area contributed by atoms with E-state index in [4.69, 9.17) is 4.74 Å². The second-order valence-corrected chi connectivity index (χ2v) is 7.39. The molecule has 5 nitrogen and oxygen atoms in total. The van der Waals surface area contributed by atoms with Crippen molar-refractivity contribution < 1.29 is 19.4 Å². The average Bonchev–Trinajstić information content (AvgIpc) is 3.12. The van der Waals surface area contributed by atoms with Crippen LogP contribution in [0.2, 0.25) is 0 Å². The molecule has 2 unspecified atom stereocenters. The Hall–Kier alpha value is -2.34. The molecule has 1 aromatic carbocycles. The van der Waals surface area contributed by atoms with Gasteiger partial charge < -0.3 is 14.7 Å². The quantitative estimate of drug-likeness (QED) is 0.887. The molecule has 3 rings (SSSR count). The highest BCUT2D eigenvalue weighted by molar-refractivity contribution is 7.09. The summed E-state index contributed by atoms with van der Waals surface area (Å²) >= 11 is 1.63. The predicted molar refractivity (Wildman–Crippen MR) is 95.9 cm³/mol. The third kappa shape index (κ3) is 4.20. The maximum absolute atomic E-state index is 12.7. The first-order valence-corrected chi connectivity index (χ1v) is 9.20. The molecular formula is C19H21NO4S. The number of carbonyl (C=O) groups excluding carboxylic acids is 1. The van der Waals surface area contributed by atoms with Crippen molar-refractivity contribution in [1.29, 1.82) is 0 Å². The molecule has 0 bridgehead atoms. The Labute approximate surface area is 150 Å². The van der Waals surface area contributed by atoms with Crippen molar-refractivity contribution in [3.63, 3.8) is 0 Å². The van der Waals surface area contributed by atoms with E-state index in [-0.39, 0.29) is 17.7 Å². The Balaban J connectivity index is 1.64. The van der Waals surface area contributed by atoms with Crippen LogP contribution in [0, 0.1) is 11.8 Å². The molecule has 2 atom stereocenters. The number of carboxylic acids is 1. The molecule has 2 aromatic rings. The molecule has 1 aromatic heterocycles. The summed E-state index contributed by atoms with van der Waals surface area (Å²) in [5.41, 5.74) is 0.574. The van der Waals surface area contributed by atoms with E-state index in [0.29, 0.717) is 37.4 Å². The molecule has 6 heteroatoms. The molecule has 1 saturated heterocycles. The van der Waals surface area contributed by atoms with E-state index in [1.807, 2.05) is 36.6 Å². The highest BCUT2D eigenvalue weighted by Crippen LogP contribution is 2.25. The number of hydrogen-bond acceptors (Lipinski definition) is 4. The van der Waals surface area contributed by atoms with Crippen molar-refractivity contribution in [1.82, 2.24) is 4.90 Å². The lowest BCUT2D eigenvalue weighted by atomic mass is 9.87. The molecular weight excluding hydrogens is 338 g/mol. The van der Waals surface area contributed by atoms with Crippen LogP contribution >= 0.6 is 11.3 Å². The number of benzene rings is 1. The minimum absolute atomic E-state index is 0.0477. The first-order valence-electron chi connectivity index (χ1n) is 8.32. The molecule has 1 amide bonds. The Morgan fingerprint density at radius 3 is 2.84 bits per heavy atom. The van der Waals surface area contributed by atoms with E-state index in [9.17, 15) is 14.7 Å². The van der Waals surface area contributed by atoms with Gasteiger partial charge in [-0.2, -0.15) is 0 Å². The van der Waals surface area contributed by atoms with Crippen LogP contribution in [0.5, 0.6) is 5.75 Å². The average molecular weight is 359 g/mol. The summed E-state index contributed by atoms with van der Waals surface area (Å²) in [5, 5.41) is 11.2. The summed E-state index contributed by atoms with van der Waals surface area (Å²) in [5.74, 6) is -0.605. The lowest BCUT2D eigenvalue weighted by Crippen LogP contribution is -2.45. The van der Waals surface area contributed by atoms with Crippen LogP contribution in [0.1, 0.15) is 28.6 Å². The van der Waals surface area contributed by atoms with E-state index in [1.54, 1.807) is 28.4 Å². The van der Waals surface area contributed by atoms with Crippen LogP contribution in [0.3, 0.4) is 0 Å². The van der Waals surface area contributed by atoms with Crippen LogP contribution < -0.4 is 4.74 Å². The first kappa shape index (κ1) is 17.5. The smallest absolute Gasteiger partial charge is 0.306 e. The van der Waals surface area contributed by atoms with Crippen LogP contribution in [0.15, 0.2) is 41.8 Å². The van der Waals surface area contributed by atoms with Gasteiger partial charge in [-0.25, -0.2) is 0 Å². The van der Waals surface area contributed by atoms with Gasteiger partial charge in [0.05, 0.1) is 5.92 Å². The Morgan fingerprint density at radius 1 is 1.32 bits per heavy atom. The second kappa shape index (κ2) is 7.70. The summed E-state index contributed by atoms with van der Waals surface area (Å²) in [6.07, 6.45) is 0.497. The van der Waals surface area contributed by atoms with Gasteiger partial charge in [0.15, 0.2) is 0 Å². The van der Waals surface area contributed by atoms with Gasteiger partial charge in [-0.15, -0.1) is 11.3 Å². The van der Waals surface area contributed by atoms with Gasteiger partial charge in [0, 0.05) is 23.5 Å². The van der Waals surface area contributed by atoms with Crippen LogP contribution in [0.25, 0.3) is 0 Å². The monoisotopic (exact) mass is 359 g/mol. The minimum Gasteiger partial charge on any atom is -0.488 e. The maximum Gasteiger partial charge on any atom is 0.306 e. The van der Waals surface area contributed by atoms with Crippen molar-refractivity contribution in [2.45, 2.75) is 20.0 Å². The summed E-state index contributed by atoms with van der Waals surface area (Å²) in [6.45, 7) is 3.31. The van der Waals surface area contributed by atoms with Crippen molar-refractivity contribution in [2.24, 2.45) is 11.8 Å². The van der Waals surface area contributed by atoms with Gasteiger partial charge in [0.2, 0.25) is 0 Å². The summed E-state index contributed by atoms with van der Waals surface area (Å²) in [6, 6.07) is 11.2. The van der Waals surface area contributed by atoms with Gasteiger partial charge in [0.25, 0.3) is 5.91 Å². The second-order valence-electron chi connectivity index (χ2n) is 6.36. The fourth-order valence-electron chi connectivity index (χ4n) is 3.15. The lowest BCUT2D eigenvalue weighted by Gasteiger charge is -2.35. The SMILES string of the molecule is CC1CN(C(=O)c2cccc(OCc3cccs3)c2)CCC1C(=O)O. The summed E-state index contributed by atoms with van der Waals surface area (Å²) in [7, 11) is 0. The molecule has 0 radical (unpaired) electrons. The Morgan fingerprint density at radius 2 is 2.16 bits per heavy atom. The number of hydrogen-bond donors (Lipinski definition) is 1. The molecule has 132 valence electrons. The standard InChI is InChI=1S/C19H21NO4S/c1-13-11-20(8-7-17(13)19(22)23)18(21)14-4-2-5-15(10-14)24-12-16-6-3-9-25-16/h2-6,9-10,13,17H,7-8,11-12H2,1H3,(H,22,23). The molecule has 1 fully saturated rings. The highest BCUT2D eigenvalue weighted by atomic mass is 32.1. The number of amides is 1. The lowest BCUT2D eigenvalue weighted by molar-refractivity contribution is -0.145. The number of ether oxygens (including phenoxy) is 1. The minimum atomic E-state index is -0.774. The zero-order valence-corrected chi connectivity index (χ0v) is 14.9. The molecule has 25 heavy (non-hydrogen) atoms. The van der Waals surface area contributed by atoms with Gasteiger partial charge in [-0.1, -0.05) is 19.1 Å². The van der Waals surface area contributed by atoms with Gasteiger partial charge in [-0.05, 0) is 42.0 Å². The van der Waals surface area contributed by atoms with Crippen LogP contribution in [0.4, 0.5) is 0 Å². The number of carbonyl (C=O) groups is 2. The van der Waals surface area contributed by atoms with Crippen molar-refractivity contribution in [2.75, 3.05) is 13.1 Å². The van der Waals surface area contributed by atoms with E-state index in [2.05, 4.69) is 0 Å². The maximum atomic E-state index is 12.7. The summed E-state index contributed by atoms with van der Waals surface area (Å²) in [4.78, 5) is 26.8. The molecule has 0 spiro atoms. The number of piperidine rings is 1. The molecule has 1 aliphatic rings. The van der Waals surface area contributed by atoms with Gasteiger partial charge in [-0.3, -0.25) is 9.59 Å². The molecule has 0 aliphatic carbocycles. The fourth-order valence-corrected chi connectivity index (χ4v) is 3.76. The van der Waals surface area contributed by atoms with Crippen molar-refractivity contribution >= 4 is 23.2 Å². The third-order valence-corrected chi connectivity index (χ3v) is 5.40. The van der Waals surface area contributed by atoms with E-state index < -0.39 is 5.97 Å².